The van der Waals surface area contributed by atoms with Gasteiger partial charge < -0.3 is 9.64 Å². The monoisotopic (exact) mass is 406 g/mol. The number of ether oxygens (including phenoxy) is 1. The number of nitrogens with zero attached hydrogens (tertiary/aromatic N) is 2. The number of carbonyl (C=O) groups is 2. The average Bonchev–Trinajstić information content (AvgIpc) is 3.10. The number of hydrogen-bond acceptors (Lipinski definition) is 5. The molecule has 3 rings (SSSR count). The van der Waals surface area contributed by atoms with Crippen molar-refractivity contribution < 1.29 is 27.1 Å². The highest BCUT2D eigenvalue weighted by Gasteiger charge is 2.26. The molecule has 0 N–H and O–H groups in total. The minimum absolute atomic E-state index is 0.245. The molecular weight excluding hydrogens is 387 g/mol. The van der Waals surface area contributed by atoms with Crippen molar-refractivity contribution in [3.8, 4) is 0 Å². The molecule has 2 aromatic carbocycles. The van der Waals surface area contributed by atoms with Gasteiger partial charge in [-0.05, 0) is 36.2 Å². The van der Waals surface area contributed by atoms with Crippen LogP contribution in [0.1, 0.15) is 15.9 Å². The molecule has 0 aliphatic carbocycles. The molecule has 148 valence electrons. The van der Waals surface area contributed by atoms with E-state index in [4.69, 9.17) is 4.74 Å². The summed E-state index contributed by atoms with van der Waals surface area (Å²) in [6.45, 7) is -0.0993. The van der Waals surface area contributed by atoms with Crippen molar-refractivity contribution in [3.05, 3.63) is 59.4 Å². The van der Waals surface area contributed by atoms with E-state index in [-0.39, 0.29) is 4.90 Å². The smallest absolute Gasteiger partial charge is 0.341 e. The van der Waals surface area contributed by atoms with Gasteiger partial charge in [0.15, 0.2) is 6.61 Å². The Balaban J connectivity index is 1.73. The fourth-order valence-electron chi connectivity index (χ4n) is 2.91. The number of anilines is 1. The zero-order chi connectivity index (χ0) is 20.5. The van der Waals surface area contributed by atoms with Crippen LogP contribution in [0.3, 0.4) is 0 Å². The molecule has 28 heavy (non-hydrogen) atoms. The van der Waals surface area contributed by atoms with E-state index >= 15 is 0 Å². The Morgan fingerprint density at radius 3 is 2.61 bits per heavy atom. The zero-order valence-corrected chi connectivity index (χ0v) is 16.2. The fourth-order valence-corrected chi connectivity index (χ4v) is 3.84. The first-order chi connectivity index (χ1) is 13.2. The summed E-state index contributed by atoms with van der Waals surface area (Å²) >= 11 is 0. The van der Waals surface area contributed by atoms with Crippen molar-refractivity contribution in [2.24, 2.45) is 0 Å². The fraction of sp³-hybridized carbons (Fsp3) is 0.263. The van der Waals surface area contributed by atoms with Crippen molar-refractivity contribution in [2.75, 3.05) is 32.1 Å². The molecule has 0 spiro atoms. The van der Waals surface area contributed by atoms with Gasteiger partial charge in [0.25, 0.3) is 5.91 Å². The molecule has 0 fully saturated rings. The molecule has 0 saturated carbocycles. The van der Waals surface area contributed by atoms with E-state index < -0.39 is 39.9 Å². The van der Waals surface area contributed by atoms with Crippen LogP contribution >= 0.6 is 0 Å². The summed E-state index contributed by atoms with van der Waals surface area (Å²) < 4.78 is 44.3. The van der Waals surface area contributed by atoms with Crippen LogP contribution in [-0.4, -0.2) is 51.8 Å². The minimum Gasteiger partial charge on any atom is -0.452 e. The molecule has 1 heterocycles. The molecule has 1 aliphatic heterocycles. The Labute approximate surface area is 162 Å². The summed E-state index contributed by atoms with van der Waals surface area (Å²) in [7, 11) is -1.20. The quantitative estimate of drug-likeness (QED) is 0.708. The number of benzene rings is 2. The lowest BCUT2D eigenvalue weighted by molar-refractivity contribution is -0.121. The predicted octanol–water partition coefficient (Wildman–Crippen LogP) is 1.82. The van der Waals surface area contributed by atoms with Gasteiger partial charge in [0.1, 0.15) is 5.82 Å². The van der Waals surface area contributed by atoms with Crippen LogP contribution in [0.2, 0.25) is 0 Å². The number of rotatable bonds is 5. The maximum absolute atomic E-state index is 14.0. The molecule has 7 nitrogen and oxygen atoms in total. The topological polar surface area (TPSA) is 84.0 Å². The third kappa shape index (κ3) is 3.76. The summed E-state index contributed by atoms with van der Waals surface area (Å²) in [6, 6.07) is 10.3. The zero-order valence-electron chi connectivity index (χ0n) is 15.4. The van der Waals surface area contributed by atoms with Crippen molar-refractivity contribution >= 4 is 27.6 Å². The maximum atomic E-state index is 14.0. The number of fused-ring (bicyclic) bond motifs is 1. The predicted molar refractivity (Wildman–Crippen MR) is 100 cm³/mol. The Kier molecular flexibility index (Phi) is 5.48. The first-order valence-electron chi connectivity index (χ1n) is 8.49. The van der Waals surface area contributed by atoms with E-state index in [0.717, 1.165) is 33.8 Å². The largest absolute Gasteiger partial charge is 0.452 e. The summed E-state index contributed by atoms with van der Waals surface area (Å²) in [6.07, 6.45) is 0.703. The number of para-hydroxylation sites is 1. The third-order valence-electron chi connectivity index (χ3n) is 4.45. The van der Waals surface area contributed by atoms with E-state index in [0.29, 0.717) is 13.0 Å². The molecule has 0 aromatic heterocycles. The number of sulfonamides is 1. The van der Waals surface area contributed by atoms with Gasteiger partial charge in [0.2, 0.25) is 10.0 Å². The molecule has 0 bridgehead atoms. The first-order valence-corrected chi connectivity index (χ1v) is 9.93. The summed E-state index contributed by atoms with van der Waals surface area (Å²) in [5, 5.41) is 0. The molecule has 0 radical (unpaired) electrons. The molecule has 1 aliphatic rings. The molecular formula is C19H19FN2O5S. The first kappa shape index (κ1) is 20.0. The second-order valence-corrected chi connectivity index (χ2v) is 8.58. The van der Waals surface area contributed by atoms with Gasteiger partial charge in [-0.2, -0.15) is 0 Å². The van der Waals surface area contributed by atoms with Crippen LogP contribution in [0.15, 0.2) is 47.4 Å². The van der Waals surface area contributed by atoms with Gasteiger partial charge in [-0.3, -0.25) is 4.79 Å². The highest BCUT2D eigenvalue weighted by molar-refractivity contribution is 7.89. The van der Waals surface area contributed by atoms with E-state index in [2.05, 4.69) is 0 Å². The van der Waals surface area contributed by atoms with E-state index in [9.17, 15) is 22.4 Å². The van der Waals surface area contributed by atoms with Gasteiger partial charge in [-0.15, -0.1) is 0 Å². The standard InChI is InChI=1S/C19H19FN2O5S/c1-21(2)28(25,26)14-7-8-16(20)15(11-14)19(24)27-12-18(23)22-10-9-13-5-3-4-6-17(13)22/h3-8,11H,9-10,12H2,1-2H3. The minimum atomic E-state index is -3.84. The second kappa shape index (κ2) is 7.69. The number of halogens is 1. The number of amides is 1. The van der Waals surface area contributed by atoms with Gasteiger partial charge in [-0.25, -0.2) is 21.9 Å². The van der Waals surface area contributed by atoms with Crippen LogP contribution in [0.4, 0.5) is 10.1 Å². The Morgan fingerprint density at radius 1 is 1.18 bits per heavy atom. The number of carbonyl (C=O) groups excluding carboxylic acids is 2. The van der Waals surface area contributed by atoms with Crippen LogP contribution in [0.5, 0.6) is 0 Å². The van der Waals surface area contributed by atoms with Crippen molar-refractivity contribution in [1.82, 2.24) is 4.31 Å². The van der Waals surface area contributed by atoms with E-state index in [1.165, 1.54) is 19.0 Å². The molecule has 0 saturated heterocycles. The summed E-state index contributed by atoms with van der Waals surface area (Å²) in [5.74, 6) is -2.47. The average molecular weight is 406 g/mol. The highest BCUT2D eigenvalue weighted by atomic mass is 32.2. The van der Waals surface area contributed by atoms with Crippen molar-refractivity contribution in [2.45, 2.75) is 11.3 Å². The Bertz CT molecular complexity index is 1040. The lowest BCUT2D eigenvalue weighted by Crippen LogP contribution is -2.33. The van der Waals surface area contributed by atoms with Gasteiger partial charge in [-0.1, -0.05) is 18.2 Å². The summed E-state index contributed by atoms with van der Waals surface area (Å²) in [4.78, 5) is 25.9. The molecule has 9 heteroatoms. The summed E-state index contributed by atoms with van der Waals surface area (Å²) in [5.41, 5.74) is 1.24. The van der Waals surface area contributed by atoms with Crippen LogP contribution in [-0.2, 0) is 26.0 Å². The molecule has 0 unspecified atom stereocenters. The van der Waals surface area contributed by atoms with Crippen molar-refractivity contribution in [1.29, 1.82) is 0 Å². The van der Waals surface area contributed by atoms with Gasteiger partial charge in [0, 0.05) is 26.3 Å². The van der Waals surface area contributed by atoms with Crippen LogP contribution in [0.25, 0.3) is 0 Å². The SMILES string of the molecule is CN(C)S(=O)(=O)c1ccc(F)c(C(=O)OCC(=O)N2CCc3ccccc32)c1. The Morgan fingerprint density at radius 2 is 1.89 bits per heavy atom. The van der Waals surface area contributed by atoms with Crippen LogP contribution in [0, 0.1) is 5.82 Å². The normalized spacial score (nSPS) is 13.5. The highest BCUT2D eigenvalue weighted by Crippen LogP contribution is 2.27. The lowest BCUT2D eigenvalue weighted by Gasteiger charge is -2.17. The van der Waals surface area contributed by atoms with Gasteiger partial charge >= 0.3 is 5.97 Å². The number of hydrogen-bond donors (Lipinski definition) is 0. The van der Waals surface area contributed by atoms with Gasteiger partial charge in [0.05, 0.1) is 10.5 Å². The molecule has 0 atom stereocenters. The van der Waals surface area contributed by atoms with E-state index in [1.807, 2.05) is 18.2 Å². The Hall–Kier alpha value is -2.78. The lowest BCUT2D eigenvalue weighted by atomic mass is 10.2. The third-order valence-corrected chi connectivity index (χ3v) is 6.26. The molecule has 2 aromatic rings. The maximum Gasteiger partial charge on any atom is 0.341 e. The molecule has 1 amide bonds. The second-order valence-electron chi connectivity index (χ2n) is 6.43. The van der Waals surface area contributed by atoms with Crippen LogP contribution < -0.4 is 4.90 Å². The van der Waals surface area contributed by atoms with Crippen molar-refractivity contribution in [3.63, 3.8) is 0 Å². The number of esters is 1. The van der Waals surface area contributed by atoms with E-state index in [1.54, 1.807) is 6.07 Å².